The Morgan fingerprint density at radius 1 is 1.00 bits per heavy atom. The molecule has 1 unspecified atom stereocenters. The zero-order valence-corrected chi connectivity index (χ0v) is 7.42. The van der Waals surface area contributed by atoms with Crippen LogP contribution >= 0.6 is 0 Å². The molecule has 0 aromatic carbocycles. The van der Waals surface area contributed by atoms with E-state index in [1.165, 1.54) is 45.2 Å². The molecule has 2 rings (SSSR count). The quantitative estimate of drug-likeness (QED) is 0.521. The molecule has 0 aromatic rings. The van der Waals surface area contributed by atoms with Crippen LogP contribution in [0.15, 0.2) is 0 Å². The van der Waals surface area contributed by atoms with Crippen molar-refractivity contribution in [3.8, 4) is 0 Å². The second-order valence-corrected chi connectivity index (χ2v) is 3.84. The molecule has 2 fully saturated rings. The molecule has 0 radical (unpaired) electrons. The third-order valence-corrected chi connectivity index (χ3v) is 3.05. The van der Waals surface area contributed by atoms with Crippen molar-refractivity contribution in [1.29, 1.82) is 0 Å². The van der Waals surface area contributed by atoms with Gasteiger partial charge in [-0.25, -0.2) is 10.0 Å². The van der Waals surface area contributed by atoms with E-state index in [0.717, 1.165) is 6.04 Å². The van der Waals surface area contributed by atoms with Gasteiger partial charge < -0.3 is 0 Å². The standard InChI is InChI=1S/C9H18N2/c1-10-7-4-6-9-5-2-3-8-11(9)10/h9H,2-8H2,1H3. The van der Waals surface area contributed by atoms with Crippen molar-refractivity contribution >= 4 is 0 Å². The lowest BCUT2D eigenvalue weighted by Gasteiger charge is -2.45. The van der Waals surface area contributed by atoms with Crippen LogP contribution in [-0.2, 0) is 0 Å². The summed E-state index contributed by atoms with van der Waals surface area (Å²) in [5, 5.41) is 5.00. The minimum Gasteiger partial charge on any atom is -0.245 e. The summed E-state index contributed by atoms with van der Waals surface area (Å²) in [6.45, 7) is 2.58. The fourth-order valence-corrected chi connectivity index (χ4v) is 2.41. The van der Waals surface area contributed by atoms with E-state index in [-0.39, 0.29) is 0 Å². The Bertz CT molecular complexity index is 134. The zero-order valence-electron chi connectivity index (χ0n) is 7.42. The van der Waals surface area contributed by atoms with Crippen LogP contribution in [0.4, 0.5) is 0 Å². The highest BCUT2D eigenvalue weighted by molar-refractivity contribution is 4.78. The Balaban J connectivity index is 1.99. The summed E-state index contributed by atoms with van der Waals surface area (Å²) in [5.74, 6) is 0. The molecule has 2 heterocycles. The van der Waals surface area contributed by atoms with Gasteiger partial charge in [0.15, 0.2) is 0 Å². The summed E-state index contributed by atoms with van der Waals surface area (Å²) in [6, 6.07) is 0.891. The Labute approximate surface area is 69.1 Å². The number of hydrogen-bond donors (Lipinski definition) is 0. The van der Waals surface area contributed by atoms with Gasteiger partial charge in [-0.15, -0.1) is 0 Å². The number of hydrazine groups is 1. The zero-order chi connectivity index (χ0) is 7.68. The van der Waals surface area contributed by atoms with Gasteiger partial charge in [0.2, 0.25) is 0 Å². The predicted octanol–water partition coefficient (Wildman–Crippen LogP) is 1.48. The molecule has 2 nitrogen and oxygen atoms in total. The number of piperidine rings is 1. The average Bonchev–Trinajstić information content (AvgIpc) is 2.06. The van der Waals surface area contributed by atoms with Crippen LogP contribution in [0.25, 0.3) is 0 Å². The summed E-state index contributed by atoms with van der Waals surface area (Å²) >= 11 is 0. The molecule has 2 aliphatic heterocycles. The molecular weight excluding hydrogens is 136 g/mol. The molecule has 1 atom stereocenters. The number of nitrogens with zero attached hydrogens (tertiary/aromatic N) is 2. The van der Waals surface area contributed by atoms with Gasteiger partial charge in [0, 0.05) is 26.2 Å². The fourth-order valence-electron chi connectivity index (χ4n) is 2.41. The summed E-state index contributed by atoms with van der Waals surface area (Å²) in [7, 11) is 2.23. The highest BCUT2D eigenvalue weighted by Gasteiger charge is 2.28. The van der Waals surface area contributed by atoms with E-state index in [1.807, 2.05) is 0 Å². The van der Waals surface area contributed by atoms with E-state index >= 15 is 0 Å². The van der Waals surface area contributed by atoms with Crippen LogP contribution in [-0.4, -0.2) is 36.2 Å². The first-order valence-corrected chi connectivity index (χ1v) is 4.85. The minimum absolute atomic E-state index is 0.891. The lowest BCUT2D eigenvalue weighted by molar-refractivity contribution is -0.0872. The largest absolute Gasteiger partial charge is 0.245 e. The van der Waals surface area contributed by atoms with Crippen molar-refractivity contribution in [3.05, 3.63) is 0 Å². The Morgan fingerprint density at radius 2 is 1.82 bits per heavy atom. The van der Waals surface area contributed by atoms with Gasteiger partial charge in [-0.2, -0.15) is 0 Å². The van der Waals surface area contributed by atoms with Gasteiger partial charge in [0.1, 0.15) is 0 Å². The monoisotopic (exact) mass is 154 g/mol. The summed E-state index contributed by atoms with van der Waals surface area (Å²) < 4.78 is 0. The van der Waals surface area contributed by atoms with Crippen LogP contribution in [0.3, 0.4) is 0 Å². The van der Waals surface area contributed by atoms with Crippen molar-refractivity contribution in [2.45, 2.75) is 38.1 Å². The van der Waals surface area contributed by atoms with E-state index in [9.17, 15) is 0 Å². The third kappa shape index (κ3) is 1.42. The van der Waals surface area contributed by atoms with Crippen molar-refractivity contribution in [3.63, 3.8) is 0 Å². The lowest BCUT2D eigenvalue weighted by atomic mass is 9.98. The molecule has 0 N–H and O–H groups in total. The fraction of sp³-hybridized carbons (Fsp3) is 1.00. The highest BCUT2D eigenvalue weighted by atomic mass is 15.6. The van der Waals surface area contributed by atoms with E-state index in [1.54, 1.807) is 0 Å². The lowest BCUT2D eigenvalue weighted by Crippen LogP contribution is -2.52. The maximum Gasteiger partial charge on any atom is 0.0246 e. The van der Waals surface area contributed by atoms with Crippen molar-refractivity contribution in [2.75, 3.05) is 20.1 Å². The van der Waals surface area contributed by atoms with Crippen molar-refractivity contribution in [2.24, 2.45) is 0 Å². The maximum atomic E-state index is 2.58. The van der Waals surface area contributed by atoms with Crippen LogP contribution in [0.1, 0.15) is 32.1 Å². The van der Waals surface area contributed by atoms with E-state index < -0.39 is 0 Å². The van der Waals surface area contributed by atoms with Gasteiger partial charge in [-0.3, -0.25) is 0 Å². The van der Waals surface area contributed by atoms with Gasteiger partial charge >= 0.3 is 0 Å². The molecule has 0 saturated carbocycles. The van der Waals surface area contributed by atoms with E-state index in [0.29, 0.717) is 0 Å². The van der Waals surface area contributed by atoms with Gasteiger partial charge in [0.05, 0.1) is 0 Å². The normalized spacial score (nSPS) is 35.2. The molecule has 11 heavy (non-hydrogen) atoms. The first kappa shape index (κ1) is 7.56. The summed E-state index contributed by atoms with van der Waals surface area (Å²) in [6.07, 6.45) is 7.13. The van der Waals surface area contributed by atoms with Crippen LogP contribution < -0.4 is 0 Å². The van der Waals surface area contributed by atoms with Gasteiger partial charge in [-0.1, -0.05) is 6.42 Å². The molecule has 0 aromatic heterocycles. The van der Waals surface area contributed by atoms with E-state index in [4.69, 9.17) is 0 Å². The number of rotatable bonds is 0. The smallest absolute Gasteiger partial charge is 0.0246 e. The Morgan fingerprint density at radius 3 is 2.64 bits per heavy atom. The van der Waals surface area contributed by atoms with Crippen LogP contribution in [0, 0.1) is 0 Å². The molecule has 0 bridgehead atoms. The highest BCUT2D eigenvalue weighted by Crippen LogP contribution is 2.25. The molecule has 0 spiro atoms. The minimum atomic E-state index is 0.891. The first-order valence-electron chi connectivity index (χ1n) is 4.85. The van der Waals surface area contributed by atoms with Crippen molar-refractivity contribution in [1.82, 2.24) is 10.0 Å². The SMILES string of the molecule is CN1CCCC2CCCCN21. The summed E-state index contributed by atoms with van der Waals surface area (Å²) in [4.78, 5) is 0. The predicted molar refractivity (Wildman–Crippen MR) is 46.2 cm³/mol. The summed E-state index contributed by atoms with van der Waals surface area (Å²) in [5.41, 5.74) is 0. The maximum absolute atomic E-state index is 2.58. The number of hydrogen-bond acceptors (Lipinski definition) is 2. The topological polar surface area (TPSA) is 6.48 Å². The molecule has 2 saturated heterocycles. The van der Waals surface area contributed by atoms with Crippen LogP contribution in [0.2, 0.25) is 0 Å². The molecule has 0 aliphatic carbocycles. The first-order chi connectivity index (χ1) is 5.38. The average molecular weight is 154 g/mol. The second-order valence-electron chi connectivity index (χ2n) is 3.84. The molecule has 2 aliphatic rings. The molecule has 2 heteroatoms. The van der Waals surface area contributed by atoms with E-state index in [2.05, 4.69) is 17.1 Å². The van der Waals surface area contributed by atoms with Gasteiger partial charge in [-0.05, 0) is 25.7 Å². The molecular formula is C9H18N2. The molecule has 0 amide bonds. The second kappa shape index (κ2) is 3.11. The van der Waals surface area contributed by atoms with Crippen molar-refractivity contribution < 1.29 is 0 Å². The van der Waals surface area contributed by atoms with Gasteiger partial charge in [0.25, 0.3) is 0 Å². The Hall–Kier alpha value is -0.0800. The van der Waals surface area contributed by atoms with Crippen LogP contribution in [0.5, 0.6) is 0 Å². The third-order valence-electron chi connectivity index (χ3n) is 3.05. The molecule has 64 valence electrons. The number of fused-ring (bicyclic) bond motifs is 1. The Kier molecular flexibility index (Phi) is 2.14.